The highest BCUT2D eigenvalue weighted by atomic mass is 16.1. The van der Waals surface area contributed by atoms with Crippen molar-refractivity contribution >= 4 is 6.29 Å². The van der Waals surface area contributed by atoms with Gasteiger partial charge in [-0.3, -0.25) is 4.79 Å². The molecule has 0 atom stereocenters. The number of hydrogen-bond acceptors (Lipinski definition) is 2. The van der Waals surface area contributed by atoms with E-state index in [0.717, 1.165) is 19.3 Å². The van der Waals surface area contributed by atoms with Gasteiger partial charge in [-0.1, -0.05) is 29.8 Å². The highest BCUT2D eigenvalue weighted by Gasteiger charge is 1.97. The average molecular weight is 214 g/mol. The minimum absolute atomic E-state index is 0.490. The predicted molar refractivity (Wildman–Crippen MR) is 62.5 cm³/mol. The SMILES string of the molecule is Cc1ccc(CCn2cnc(C=O)c2)cc1. The van der Waals surface area contributed by atoms with Crippen LogP contribution in [0, 0.1) is 6.92 Å². The van der Waals surface area contributed by atoms with Crippen molar-refractivity contribution in [1.29, 1.82) is 0 Å². The summed E-state index contributed by atoms with van der Waals surface area (Å²) in [5.74, 6) is 0. The molecule has 0 aliphatic heterocycles. The molecule has 0 fully saturated rings. The lowest BCUT2D eigenvalue weighted by atomic mass is 10.1. The third-order valence-electron chi connectivity index (χ3n) is 2.55. The van der Waals surface area contributed by atoms with Gasteiger partial charge in [-0.2, -0.15) is 0 Å². The van der Waals surface area contributed by atoms with Gasteiger partial charge in [-0.05, 0) is 18.9 Å². The predicted octanol–water partition coefficient (Wildman–Crippen LogP) is 2.25. The Morgan fingerprint density at radius 2 is 2.06 bits per heavy atom. The second-order valence-corrected chi connectivity index (χ2v) is 3.89. The molecular formula is C13H14N2O. The molecule has 1 aromatic heterocycles. The van der Waals surface area contributed by atoms with Gasteiger partial charge in [0.15, 0.2) is 6.29 Å². The van der Waals surface area contributed by atoms with E-state index in [2.05, 4.69) is 36.2 Å². The minimum atomic E-state index is 0.490. The molecule has 1 heterocycles. The third kappa shape index (κ3) is 2.57. The van der Waals surface area contributed by atoms with Crippen molar-refractivity contribution in [3.05, 3.63) is 53.6 Å². The fourth-order valence-corrected chi connectivity index (χ4v) is 1.57. The molecule has 82 valence electrons. The summed E-state index contributed by atoms with van der Waals surface area (Å²) in [7, 11) is 0. The molecule has 3 heteroatoms. The van der Waals surface area contributed by atoms with Gasteiger partial charge in [0.25, 0.3) is 0 Å². The van der Waals surface area contributed by atoms with Gasteiger partial charge >= 0.3 is 0 Å². The first-order valence-electron chi connectivity index (χ1n) is 5.30. The molecule has 3 nitrogen and oxygen atoms in total. The van der Waals surface area contributed by atoms with E-state index in [1.165, 1.54) is 11.1 Å². The fraction of sp³-hybridized carbons (Fsp3) is 0.231. The number of hydrogen-bond donors (Lipinski definition) is 0. The van der Waals surface area contributed by atoms with E-state index in [4.69, 9.17) is 0 Å². The van der Waals surface area contributed by atoms with E-state index < -0.39 is 0 Å². The molecule has 0 aliphatic carbocycles. The number of aromatic nitrogens is 2. The van der Waals surface area contributed by atoms with Crippen molar-refractivity contribution < 1.29 is 4.79 Å². The van der Waals surface area contributed by atoms with Crippen molar-refractivity contribution in [3.8, 4) is 0 Å². The number of benzene rings is 1. The lowest BCUT2D eigenvalue weighted by Gasteiger charge is -2.02. The number of carbonyl (C=O) groups excluding carboxylic acids is 1. The van der Waals surface area contributed by atoms with Crippen LogP contribution < -0.4 is 0 Å². The van der Waals surface area contributed by atoms with Crippen LogP contribution in [0.15, 0.2) is 36.8 Å². The first-order valence-corrected chi connectivity index (χ1v) is 5.30. The summed E-state index contributed by atoms with van der Waals surface area (Å²) in [4.78, 5) is 14.4. The van der Waals surface area contributed by atoms with E-state index in [9.17, 15) is 4.79 Å². The summed E-state index contributed by atoms with van der Waals surface area (Å²) in [6.07, 6.45) is 5.18. The van der Waals surface area contributed by atoms with Crippen molar-refractivity contribution in [1.82, 2.24) is 9.55 Å². The number of aldehydes is 1. The smallest absolute Gasteiger partial charge is 0.169 e. The Balaban J connectivity index is 1.96. The molecule has 1 aromatic carbocycles. The summed E-state index contributed by atoms with van der Waals surface area (Å²) >= 11 is 0. The number of aryl methyl sites for hydroxylation is 3. The Morgan fingerprint density at radius 3 is 2.69 bits per heavy atom. The largest absolute Gasteiger partial charge is 0.336 e. The molecule has 2 rings (SSSR count). The van der Waals surface area contributed by atoms with Gasteiger partial charge in [0.2, 0.25) is 0 Å². The van der Waals surface area contributed by atoms with E-state index in [1.54, 1.807) is 12.5 Å². The highest BCUT2D eigenvalue weighted by Crippen LogP contribution is 2.05. The first kappa shape index (κ1) is 10.6. The van der Waals surface area contributed by atoms with E-state index in [-0.39, 0.29) is 0 Å². The Morgan fingerprint density at radius 1 is 1.31 bits per heavy atom. The van der Waals surface area contributed by atoms with Crippen molar-refractivity contribution in [3.63, 3.8) is 0 Å². The molecule has 0 bridgehead atoms. The second kappa shape index (κ2) is 4.75. The van der Waals surface area contributed by atoms with E-state index >= 15 is 0 Å². The van der Waals surface area contributed by atoms with Crippen LogP contribution in [0.4, 0.5) is 0 Å². The van der Waals surface area contributed by atoms with Gasteiger partial charge in [0.05, 0.1) is 6.33 Å². The summed E-state index contributed by atoms with van der Waals surface area (Å²) < 4.78 is 1.93. The van der Waals surface area contributed by atoms with Crippen LogP contribution in [-0.4, -0.2) is 15.8 Å². The fourth-order valence-electron chi connectivity index (χ4n) is 1.57. The zero-order valence-electron chi connectivity index (χ0n) is 9.26. The van der Waals surface area contributed by atoms with E-state index in [1.807, 2.05) is 4.57 Å². The molecule has 16 heavy (non-hydrogen) atoms. The second-order valence-electron chi connectivity index (χ2n) is 3.89. The monoisotopic (exact) mass is 214 g/mol. The van der Waals surface area contributed by atoms with Crippen molar-refractivity contribution in [2.75, 3.05) is 0 Å². The van der Waals surface area contributed by atoms with Crippen LogP contribution in [0.1, 0.15) is 21.6 Å². The van der Waals surface area contributed by atoms with Gasteiger partial charge in [0, 0.05) is 12.7 Å². The summed E-state index contributed by atoms with van der Waals surface area (Å²) in [6.45, 7) is 2.93. The summed E-state index contributed by atoms with van der Waals surface area (Å²) in [6, 6.07) is 8.49. The Labute approximate surface area is 94.7 Å². The van der Waals surface area contributed by atoms with Gasteiger partial charge in [-0.15, -0.1) is 0 Å². The zero-order valence-corrected chi connectivity index (χ0v) is 9.26. The molecule has 0 aliphatic rings. The maximum atomic E-state index is 10.5. The molecule has 0 spiro atoms. The minimum Gasteiger partial charge on any atom is -0.336 e. The normalized spacial score (nSPS) is 10.3. The molecule has 0 amide bonds. The molecular weight excluding hydrogens is 200 g/mol. The van der Waals surface area contributed by atoms with Gasteiger partial charge < -0.3 is 4.57 Å². The molecule has 2 aromatic rings. The van der Waals surface area contributed by atoms with Gasteiger partial charge in [0.1, 0.15) is 5.69 Å². The zero-order chi connectivity index (χ0) is 11.4. The number of imidazole rings is 1. The summed E-state index contributed by atoms with van der Waals surface area (Å²) in [5.41, 5.74) is 3.06. The molecule has 0 N–H and O–H groups in total. The standard InChI is InChI=1S/C13H14N2O/c1-11-2-4-12(5-3-11)6-7-15-8-13(9-16)14-10-15/h2-5,8-10H,6-7H2,1H3. The Bertz CT molecular complexity index is 471. The lowest BCUT2D eigenvalue weighted by molar-refractivity contribution is 0.111. The van der Waals surface area contributed by atoms with Crippen molar-refractivity contribution in [2.45, 2.75) is 19.9 Å². The third-order valence-corrected chi connectivity index (χ3v) is 2.55. The molecule has 0 unspecified atom stereocenters. The average Bonchev–Trinajstić information content (AvgIpc) is 2.76. The number of rotatable bonds is 4. The maximum absolute atomic E-state index is 10.5. The van der Waals surface area contributed by atoms with Crippen LogP contribution in [0.2, 0.25) is 0 Å². The Kier molecular flexibility index (Phi) is 3.15. The van der Waals surface area contributed by atoms with Gasteiger partial charge in [-0.25, -0.2) is 4.98 Å². The molecule has 0 saturated carbocycles. The first-order chi connectivity index (χ1) is 7.78. The topological polar surface area (TPSA) is 34.9 Å². The van der Waals surface area contributed by atoms with E-state index in [0.29, 0.717) is 5.69 Å². The lowest BCUT2D eigenvalue weighted by Crippen LogP contribution is -1.98. The Hall–Kier alpha value is -1.90. The van der Waals surface area contributed by atoms with Crippen LogP contribution >= 0.6 is 0 Å². The number of carbonyl (C=O) groups is 1. The van der Waals surface area contributed by atoms with Crippen LogP contribution in [0.5, 0.6) is 0 Å². The molecule has 0 saturated heterocycles. The van der Waals surface area contributed by atoms with Crippen LogP contribution in [-0.2, 0) is 13.0 Å². The maximum Gasteiger partial charge on any atom is 0.169 e. The van der Waals surface area contributed by atoms with Crippen LogP contribution in [0.3, 0.4) is 0 Å². The quantitative estimate of drug-likeness (QED) is 0.732. The highest BCUT2D eigenvalue weighted by molar-refractivity contribution is 5.70. The molecule has 0 radical (unpaired) electrons. The number of nitrogens with zero attached hydrogens (tertiary/aromatic N) is 2. The van der Waals surface area contributed by atoms with Crippen LogP contribution in [0.25, 0.3) is 0 Å². The summed E-state index contributed by atoms with van der Waals surface area (Å²) in [5, 5.41) is 0. The van der Waals surface area contributed by atoms with Crippen molar-refractivity contribution in [2.24, 2.45) is 0 Å².